The van der Waals surface area contributed by atoms with E-state index in [-0.39, 0.29) is 23.2 Å². The molecule has 30 heavy (non-hydrogen) atoms. The van der Waals surface area contributed by atoms with Crippen molar-refractivity contribution in [1.29, 1.82) is 0 Å². The molecule has 4 rings (SSSR count). The Labute approximate surface area is 171 Å². The van der Waals surface area contributed by atoms with Crippen molar-refractivity contribution >= 4 is 11.7 Å². The van der Waals surface area contributed by atoms with Crippen molar-refractivity contribution in [1.82, 2.24) is 14.5 Å². The lowest BCUT2D eigenvalue weighted by atomic mass is 9.89. The summed E-state index contributed by atoms with van der Waals surface area (Å²) >= 11 is 0. The Bertz CT molecular complexity index is 896. The van der Waals surface area contributed by atoms with Crippen molar-refractivity contribution in [3.05, 3.63) is 36.4 Å². The summed E-state index contributed by atoms with van der Waals surface area (Å²) in [6, 6.07) is -0.0373. The SMILES string of the molecule is COc1ncccc1C(n1cnc(NC(=O)[C@@H](N)C(C2CC2)C2CC2)c1)C(F)(F)F. The van der Waals surface area contributed by atoms with E-state index in [9.17, 15) is 18.0 Å². The van der Waals surface area contributed by atoms with Gasteiger partial charge in [-0.05, 0) is 55.6 Å². The fourth-order valence-corrected chi connectivity index (χ4v) is 4.15. The van der Waals surface area contributed by atoms with Gasteiger partial charge < -0.3 is 20.4 Å². The molecule has 0 aromatic carbocycles. The summed E-state index contributed by atoms with van der Waals surface area (Å²) in [5, 5.41) is 2.58. The van der Waals surface area contributed by atoms with Gasteiger partial charge in [0.05, 0.1) is 19.5 Å². The third kappa shape index (κ3) is 4.28. The summed E-state index contributed by atoms with van der Waals surface area (Å²) in [5.41, 5.74) is 6.05. The number of alkyl halides is 3. The summed E-state index contributed by atoms with van der Waals surface area (Å²) in [6.07, 6.45) is 3.23. The normalized spacial score (nSPS) is 18.9. The van der Waals surface area contributed by atoms with Crippen molar-refractivity contribution in [2.45, 2.75) is 43.9 Å². The highest BCUT2D eigenvalue weighted by Crippen LogP contribution is 2.50. The number of amides is 1. The molecule has 2 heterocycles. The lowest BCUT2D eigenvalue weighted by molar-refractivity contribution is -0.157. The van der Waals surface area contributed by atoms with Gasteiger partial charge >= 0.3 is 6.18 Å². The van der Waals surface area contributed by atoms with E-state index in [4.69, 9.17) is 10.5 Å². The molecule has 0 radical (unpaired) electrons. The molecule has 2 saturated carbocycles. The second kappa shape index (κ2) is 7.90. The van der Waals surface area contributed by atoms with Crippen molar-refractivity contribution in [2.24, 2.45) is 23.5 Å². The van der Waals surface area contributed by atoms with Gasteiger partial charge in [-0.1, -0.05) is 0 Å². The molecule has 0 spiro atoms. The van der Waals surface area contributed by atoms with Gasteiger partial charge in [-0.15, -0.1) is 0 Å². The fourth-order valence-electron chi connectivity index (χ4n) is 4.15. The van der Waals surface area contributed by atoms with E-state index >= 15 is 0 Å². The second-order valence-corrected chi connectivity index (χ2v) is 8.02. The zero-order valence-corrected chi connectivity index (χ0v) is 16.5. The van der Waals surface area contributed by atoms with Crippen LogP contribution in [0.3, 0.4) is 0 Å². The van der Waals surface area contributed by atoms with Gasteiger partial charge in [0.25, 0.3) is 0 Å². The number of ether oxygens (including phenoxy) is 1. The predicted octanol–water partition coefficient (Wildman–Crippen LogP) is 3.14. The van der Waals surface area contributed by atoms with Crippen molar-refractivity contribution < 1.29 is 22.7 Å². The van der Waals surface area contributed by atoms with Crippen LogP contribution in [0.4, 0.5) is 19.0 Å². The van der Waals surface area contributed by atoms with Crippen LogP contribution in [0.5, 0.6) is 5.88 Å². The third-order valence-corrected chi connectivity index (χ3v) is 5.80. The van der Waals surface area contributed by atoms with Crippen molar-refractivity contribution in [2.75, 3.05) is 12.4 Å². The number of nitrogens with two attached hydrogens (primary N) is 1. The number of nitrogens with zero attached hydrogens (tertiary/aromatic N) is 3. The Balaban J connectivity index is 1.53. The third-order valence-electron chi connectivity index (χ3n) is 5.80. The summed E-state index contributed by atoms with van der Waals surface area (Å²) in [5.74, 6) is 0.573. The Kier molecular flexibility index (Phi) is 5.44. The summed E-state index contributed by atoms with van der Waals surface area (Å²) in [6.45, 7) is 0. The number of imidazole rings is 1. The zero-order valence-electron chi connectivity index (χ0n) is 16.5. The molecule has 0 aliphatic heterocycles. The maximum absolute atomic E-state index is 13.9. The predicted molar refractivity (Wildman–Crippen MR) is 103 cm³/mol. The van der Waals surface area contributed by atoms with Crippen LogP contribution < -0.4 is 15.8 Å². The van der Waals surface area contributed by atoms with Gasteiger partial charge in [0.1, 0.15) is 0 Å². The molecule has 162 valence electrons. The highest BCUT2D eigenvalue weighted by atomic mass is 19.4. The number of carbonyl (C=O) groups excluding carboxylic acids is 1. The molecule has 3 N–H and O–H groups in total. The standard InChI is InChI=1S/C20H24F3N5O2/c1-30-19-13(3-2-8-25-19)17(20(21,22)23)28-9-14(26-10-28)27-18(29)16(24)15(11-4-5-11)12-6-7-12/h2-3,8-12,15-17H,4-7,24H2,1H3,(H,27,29)/t16-,17?/m0/s1. The summed E-state index contributed by atoms with van der Waals surface area (Å²) in [7, 11) is 1.26. The zero-order chi connectivity index (χ0) is 21.5. The molecule has 7 nitrogen and oxygen atoms in total. The molecule has 2 aliphatic carbocycles. The summed E-state index contributed by atoms with van der Waals surface area (Å²) < 4.78 is 47.5. The Hall–Kier alpha value is -2.62. The van der Waals surface area contributed by atoms with E-state index in [2.05, 4.69) is 15.3 Å². The highest BCUT2D eigenvalue weighted by Gasteiger charge is 2.47. The lowest BCUT2D eigenvalue weighted by Crippen LogP contribution is -2.43. The molecule has 2 aromatic heterocycles. The molecule has 10 heteroatoms. The molecule has 2 aliphatic rings. The van der Waals surface area contributed by atoms with Gasteiger partial charge in [0.2, 0.25) is 11.8 Å². The highest BCUT2D eigenvalue weighted by molar-refractivity contribution is 5.94. The number of halogens is 3. The Morgan fingerprint density at radius 2 is 1.93 bits per heavy atom. The number of methoxy groups -OCH3 is 1. The van der Waals surface area contributed by atoms with Crippen molar-refractivity contribution in [3.63, 3.8) is 0 Å². The van der Waals surface area contributed by atoms with E-state index in [1.54, 1.807) is 0 Å². The number of nitrogens with one attached hydrogen (secondary N) is 1. The minimum atomic E-state index is -4.63. The smallest absolute Gasteiger partial charge is 0.413 e. The molecule has 0 bridgehead atoms. The number of pyridine rings is 1. The van der Waals surface area contributed by atoms with Crippen LogP contribution in [0.25, 0.3) is 0 Å². The molecular weight excluding hydrogens is 399 g/mol. The summed E-state index contributed by atoms with van der Waals surface area (Å²) in [4.78, 5) is 20.4. The molecule has 1 amide bonds. The Morgan fingerprint density at radius 1 is 1.27 bits per heavy atom. The van der Waals surface area contributed by atoms with Gasteiger partial charge in [-0.2, -0.15) is 13.2 Å². The molecule has 0 saturated heterocycles. The number of aromatic nitrogens is 3. The number of carbonyl (C=O) groups is 1. The molecular formula is C20H24F3N5O2. The number of anilines is 1. The van der Waals surface area contributed by atoms with Gasteiger partial charge in [0.15, 0.2) is 11.9 Å². The first kappa shape index (κ1) is 20.6. The maximum Gasteiger partial charge on any atom is 0.413 e. The van der Waals surface area contributed by atoms with E-state index in [1.165, 1.54) is 25.4 Å². The van der Waals surface area contributed by atoms with Crippen LogP contribution in [0, 0.1) is 17.8 Å². The lowest BCUT2D eigenvalue weighted by Gasteiger charge is -2.23. The molecule has 2 atom stereocenters. The minimum absolute atomic E-state index is 0.0258. The van der Waals surface area contributed by atoms with E-state index in [0.29, 0.717) is 11.8 Å². The van der Waals surface area contributed by atoms with E-state index in [1.807, 2.05) is 0 Å². The molecule has 2 fully saturated rings. The first-order chi connectivity index (χ1) is 14.3. The number of rotatable bonds is 8. The van der Waals surface area contributed by atoms with E-state index < -0.39 is 24.2 Å². The largest absolute Gasteiger partial charge is 0.481 e. The quantitative estimate of drug-likeness (QED) is 0.680. The first-order valence-corrected chi connectivity index (χ1v) is 9.95. The second-order valence-electron chi connectivity index (χ2n) is 8.02. The topological polar surface area (TPSA) is 95.1 Å². The molecule has 2 aromatic rings. The van der Waals surface area contributed by atoms with Gasteiger partial charge in [0, 0.05) is 18.0 Å². The fraction of sp³-hybridized carbons (Fsp3) is 0.550. The van der Waals surface area contributed by atoms with Crippen LogP contribution in [0.2, 0.25) is 0 Å². The monoisotopic (exact) mass is 423 g/mol. The average Bonchev–Trinajstić information content (AvgIpc) is 3.63. The van der Waals surface area contributed by atoms with Crippen LogP contribution in [0.1, 0.15) is 37.3 Å². The van der Waals surface area contributed by atoms with E-state index in [0.717, 1.165) is 42.8 Å². The maximum atomic E-state index is 13.9. The van der Waals surface area contributed by atoms with Gasteiger partial charge in [-0.25, -0.2) is 9.97 Å². The van der Waals surface area contributed by atoms with Gasteiger partial charge in [-0.3, -0.25) is 4.79 Å². The minimum Gasteiger partial charge on any atom is -0.481 e. The van der Waals surface area contributed by atoms with Crippen LogP contribution >= 0.6 is 0 Å². The van der Waals surface area contributed by atoms with Crippen molar-refractivity contribution in [3.8, 4) is 5.88 Å². The van der Waals surface area contributed by atoms with Crippen LogP contribution in [0.15, 0.2) is 30.9 Å². The van der Waals surface area contributed by atoms with Crippen LogP contribution in [-0.4, -0.2) is 39.8 Å². The van der Waals surface area contributed by atoms with Crippen LogP contribution in [-0.2, 0) is 4.79 Å². The Morgan fingerprint density at radius 3 is 2.50 bits per heavy atom. The number of hydrogen-bond donors (Lipinski definition) is 2. The first-order valence-electron chi connectivity index (χ1n) is 9.95. The molecule has 1 unspecified atom stereocenters. The number of hydrogen-bond acceptors (Lipinski definition) is 5. The average molecular weight is 423 g/mol.